The largest absolute Gasteiger partial charge is 0.369 e. The Hall–Kier alpha value is -3.59. The average molecular weight is 502 g/mol. The van der Waals surface area contributed by atoms with Crippen LogP contribution in [0.2, 0.25) is 0 Å². The summed E-state index contributed by atoms with van der Waals surface area (Å²) in [5, 5.41) is 14.0. The van der Waals surface area contributed by atoms with Crippen molar-refractivity contribution in [3.05, 3.63) is 81.7 Å². The van der Waals surface area contributed by atoms with Crippen LogP contribution in [0.15, 0.2) is 53.3 Å². The zero-order valence-corrected chi connectivity index (χ0v) is 21.1. The molecule has 6 rings (SSSR count). The van der Waals surface area contributed by atoms with Crippen molar-refractivity contribution in [3.8, 4) is 0 Å². The minimum absolute atomic E-state index is 0.108. The van der Waals surface area contributed by atoms with Gasteiger partial charge in [0.25, 0.3) is 5.56 Å². The van der Waals surface area contributed by atoms with Gasteiger partial charge in [-0.1, -0.05) is 25.8 Å². The average Bonchev–Trinajstić information content (AvgIpc) is 3.62. The Morgan fingerprint density at radius 1 is 1.03 bits per heavy atom. The highest BCUT2D eigenvalue weighted by Crippen LogP contribution is 2.34. The van der Waals surface area contributed by atoms with Gasteiger partial charge in [0.15, 0.2) is 5.82 Å². The summed E-state index contributed by atoms with van der Waals surface area (Å²) in [5.41, 5.74) is 3.63. The second-order valence-electron chi connectivity index (χ2n) is 10.2. The molecule has 2 aromatic heterocycles. The lowest BCUT2D eigenvalue weighted by Crippen LogP contribution is -2.49. The summed E-state index contributed by atoms with van der Waals surface area (Å²) in [4.78, 5) is 21.2. The van der Waals surface area contributed by atoms with E-state index >= 15 is 0 Å². The molecule has 0 spiro atoms. The highest BCUT2D eigenvalue weighted by atomic mass is 19.1. The zero-order valence-electron chi connectivity index (χ0n) is 21.1. The van der Waals surface area contributed by atoms with Crippen molar-refractivity contribution >= 4 is 16.6 Å². The molecule has 1 unspecified atom stereocenters. The van der Waals surface area contributed by atoms with E-state index in [1.54, 1.807) is 0 Å². The zero-order chi connectivity index (χ0) is 25.4. The third kappa shape index (κ3) is 4.64. The fourth-order valence-corrected chi connectivity index (χ4v) is 5.87. The van der Waals surface area contributed by atoms with Gasteiger partial charge >= 0.3 is 0 Å². The summed E-state index contributed by atoms with van der Waals surface area (Å²) in [7, 11) is 0. The number of hydrogen-bond acceptors (Lipinski definition) is 6. The van der Waals surface area contributed by atoms with Crippen molar-refractivity contribution in [1.82, 2.24) is 30.1 Å². The van der Waals surface area contributed by atoms with E-state index in [1.807, 2.05) is 28.9 Å². The van der Waals surface area contributed by atoms with Gasteiger partial charge in [0.2, 0.25) is 0 Å². The topological polar surface area (TPSA) is 82.9 Å². The van der Waals surface area contributed by atoms with Crippen LogP contribution in [-0.2, 0) is 6.42 Å². The summed E-state index contributed by atoms with van der Waals surface area (Å²) >= 11 is 0. The number of nitrogens with zero attached hydrogens (tertiary/aromatic N) is 6. The summed E-state index contributed by atoms with van der Waals surface area (Å²) in [6, 6.07) is 14.8. The quantitative estimate of drug-likeness (QED) is 0.426. The number of rotatable bonds is 6. The third-order valence-corrected chi connectivity index (χ3v) is 7.94. The molecule has 1 aliphatic heterocycles. The molecule has 0 radical (unpaired) electrons. The smallest absolute Gasteiger partial charge is 0.253 e. The molecule has 1 N–H and O–H groups in total. The molecule has 2 aromatic carbocycles. The van der Waals surface area contributed by atoms with Gasteiger partial charge in [-0.05, 0) is 83.1 Å². The van der Waals surface area contributed by atoms with Crippen molar-refractivity contribution in [2.24, 2.45) is 0 Å². The number of tetrazole rings is 1. The lowest BCUT2D eigenvalue weighted by atomic mass is 10.0. The van der Waals surface area contributed by atoms with E-state index in [2.05, 4.69) is 49.4 Å². The summed E-state index contributed by atoms with van der Waals surface area (Å²) in [5.74, 6) is 0.501. The molecule has 4 aromatic rings. The maximum Gasteiger partial charge on any atom is 0.253 e. The number of piperazine rings is 1. The van der Waals surface area contributed by atoms with Crippen molar-refractivity contribution < 1.29 is 4.39 Å². The van der Waals surface area contributed by atoms with Crippen molar-refractivity contribution in [1.29, 1.82) is 0 Å². The molecular weight excluding hydrogens is 469 g/mol. The molecule has 8 nitrogen and oxygen atoms in total. The second-order valence-corrected chi connectivity index (χ2v) is 10.2. The van der Waals surface area contributed by atoms with Crippen molar-refractivity contribution in [3.63, 3.8) is 0 Å². The molecule has 192 valence electrons. The SMILES string of the molecule is CCc1ccc2[nH]c(=O)c(C(c3nnnn3C3CCCC3)N3CCN(c4ccc(F)cc4)CC3)cc2c1. The first-order valence-electron chi connectivity index (χ1n) is 13.3. The van der Waals surface area contributed by atoms with Crippen LogP contribution in [0.1, 0.15) is 61.6 Å². The number of fused-ring (bicyclic) bond motifs is 1. The molecular formula is C28H32FN7O. The highest BCUT2D eigenvalue weighted by Gasteiger charge is 2.34. The number of aromatic nitrogens is 5. The van der Waals surface area contributed by atoms with Gasteiger partial charge in [-0.3, -0.25) is 9.69 Å². The standard InChI is InChI=1S/C28H32FN7O/c1-2-19-7-12-25-20(17-19)18-24(28(37)30-25)26(27-31-32-33-36(27)23-5-3-4-6-23)35-15-13-34(14-16-35)22-10-8-21(29)9-11-22/h7-12,17-18,23,26H,2-6,13-16H2,1H3,(H,30,37). The Morgan fingerprint density at radius 2 is 1.78 bits per heavy atom. The minimum atomic E-state index is -0.357. The minimum Gasteiger partial charge on any atom is -0.369 e. The van der Waals surface area contributed by atoms with Gasteiger partial charge in [-0.15, -0.1) is 5.10 Å². The van der Waals surface area contributed by atoms with Crippen LogP contribution in [0.5, 0.6) is 0 Å². The molecule has 0 amide bonds. The Morgan fingerprint density at radius 3 is 2.51 bits per heavy atom. The van der Waals surface area contributed by atoms with Crippen molar-refractivity contribution in [2.45, 2.75) is 51.1 Å². The van der Waals surface area contributed by atoms with Crippen LogP contribution in [-0.4, -0.2) is 56.3 Å². The lowest BCUT2D eigenvalue weighted by molar-refractivity contribution is 0.197. The fourth-order valence-electron chi connectivity index (χ4n) is 5.87. The van der Waals surface area contributed by atoms with E-state index in [4.69, 9.17) is 0 Å². The molecule has 1 aliphatic carbocycles. The first-order valence-corrected chi connectivity index (χ1v) is 13.3. The lowest BCUT2D eigenvalue weighted by Gasteiger charge is -2.39. The molecule has 1 atom stereocenters. The van der Waals surface area contributed by atoms with Gasteiger partial charge in [0.1, 0.15) is 11.9 Å². The van der Waals surface area contributed by atoms with Crippen LogP contribution in [0.3, 0.4) is 0 Å². The van der Waals surface area contributed by atoms with Crippen LogP contribution < -0.4 is 10.5 Å². The van der Waals surface area contributed by atoms with Gasteiger partial charge in [0, 0.05) is 42.9 Å². The van der Waals surface area contributed by atoms with E-state index < -0.39 is 0 Å². The van der Waals surface area contributed by atoms with Gasteiger partial charge in [-0.2, -0.15) is 0 Å². The first-order chi connectivity index (χ1) is 18.1. The van der Waals surface area contributed by atoms with Gasteiger partial charge in [0.05, 0.1) is 6.04 Å². The molecule has 0 bridgehead atoms. The number of anilines is 1. The maximum absolute atomic E-state index is 13.5. The third-order valence-electron chi connectivity index (χ3n) is 7.94. The van der Waals surface area contributed by atoms with Crippen LogP contribution in [0.4, 0.5) is 10.1 Å². The molecule has 2 aliphatic rings. The number of pyridine rings is 1. The molecule has 37 heavy (non-hydrogen) atoms. The number of aromatic amines is 1. The van der Waals surface area contributed by atoms with Crippen LogP contribution in [0, 0.1) is 5.82 Å². The molecule has 3 heterocycles. The second kappa shape index (κ2) is 10.0. The number of H-pyrrole nitrogens is 1. The number of halogens is 1. The Bertz CT molecular complexity index is 1430. The number of nitrogens with one attached hydrogen (secondary N) is 1. The van der Waals surface area contributed by atoms with Gasteiger partial charge < -0.3 is 9.88 Å². The van der Waals surface area contributed by atoms with Crippen molar-refractivity contribution in [2.75, 3.05) is 31.1 Å². The highest BCUT2D eigenvalue weighted by molar-refractivity contribution is 5.80. The molecule has 2 fully saturated rings. The summed E-state index contributed by atoms with van der Waals surface area (Å²) < 4.78 is 15.4. The van der Waals surface area contributed by atoms with Crippen LogP contribution in [0.25, 0.3) is 10.9 Å². The number of hydrogen-bond donors (Lipinski definition) is 1. The number of aryl methyl sites for hydroxylation is 1. The Kier molecular flexibility index (Phi) is 6.46. The monoisotopic (exact) mass is 501 g/mol. The first kappa shape index (κ1) is 23.8. The van der Waals surface area contributed by atoms with E-state index in [-0.39, 0.29) is 23.5 Å². The fraction of sp³-hybridized carbons (Fsp3) is 0.429. The van der Waals surface area contributed by atoms with Crippen LogP contribution >= 0.6 is 0 Å². The summed E-state index contributed by atoms with van der Waals surface area (Å²) in [6.45, 7) is 5.11. The van der Waals surface area contributed by atoms with E-state index in [9.17, 15) is 9.18 Å². The van der Waals surface area contributed by atoms with E-state index in [1.165, 1.54) is 30.5 Å². The Balaban J connectivity index is 1.39. The predicted octanol–water partition coefficient (Wildman–Crippen LogP) is 4.24. The Labute approximate surface area is 215 Å². The number of benzene rings is 2. The summed E-state index contributed by atoms with van der Waals surface area (Å²) in [6.07, 6.45) is 5.37. The van der Waals surface area contributed by atoms with E-state index in [0.717, 1.165) is 67.9 Å². The molecule has 1 saturated carbocycles. The van der Waals surface area contributed by atoms with Gasteiger partial charge in [-0.25, -0.2) is 9.07 Å². The predicted molar refractivity (Wildman–Crippen MR) is 141 cm³/mol. The maximum atomic E-state index is 13.5. The van der Waals surface area contributed by atoms with E-state index in [0.29, 0.717) is 5.56 Å². The molecule has 9 heteroatoms. The normalized spacial score (nSPS) is 18.1. The molecule has 1 saturated heterocycles.